The maximum absolute atomic E-state index is 4.89. The average molecular weight is 366 g/mol. The summed E-state index contributed by atoms with van der Waals surface area (Å²) in [5, 5.41) is 0. The van der Waals surface area contributed by atoms with Crippen molar-refractivity contribution < 1.29 is 0 Å². The normalized spacial score (nSPS) is 14.1. The van der Waals surface area contributed by atoms with Crippen LogP contribution in [0.15, 0.2) is 48.5 Å². The van der Waals surface area contributed by atoms with Crippen LogP contribution in [0.25, 0.3) is 44.4 Å². The lowest BCUT2D eigenvalue weighted by molar-refractivity contribution is 1.25. The first-order valence-electron chi connectivity index (χ1n) is 9.53. The van der Waals surface area contributed by atoms with Gasteiger partial charge in [-0.1, -0.05) is 0 Å². The predicted molar refractivity (Wildman–Crippen MR) is 117 cm³/mol. The number of hydrogen-bond acceptors (Lipinski definition) is 2. The summed E-state index contributed by atoms with van der Waals surface area (Å²) < 4.78 is 0. The summed E-state index contributed by atoms with van der Waals surface area (Å²) >= 11 is 0. The van der Waals surface area contributed by atoms with E-state index in [1.54, 1.807) is 0 Å². The SMILES string of the molecule is CC1=C(C)c2cc3ccc(cc4ccc(cc5nc(cc1n2)C(C)=C5C)[nH]4)[nH]3. The van der Waals surface area contributed by atoms with Crippen molar-refractivity contribution >= 4 is 44.4 Å². The van der Waals surface area contributed by atoms with Gasteiger partial charge in [0.15, 0.2) is 0 Å². The molecular formula is C24H22N4. The Hall–Kier alpha value is -3.40. The molecule has 138 valence electrons. The molecular weight excluding hydrogens is 344 g/mol. The van der Waals surface area contributed by atoms with Gasteiger partial charge in [-0.3, -0.25) is 0 Å². The van der Waals surface area contributed by atoms with Crippen LogP contribution in [0.2, 0.25) is 0 Å². The molecule has 5 rings (SSSR count). The van der Waals surface area contributed by atoms with Crippen LogP contribution < -0.4 is 0 Å². The summed E-state index contributed by atoms with van der Waals surface area (Å²) in [5.41, 5.74) is 13.0. The van der Waals surface area contributed by atoms with Gasteiger partial charge >= 0.3 is 0 Å². The van der Waals surface area contributed by atoms with Gasteiger partial charge in [0.2, 0.25) is 0 Å². The van der Waals surface area contributed by atoms with E-state index in [2.05, 4.69) is 86.2 Å². The number of allylic oxidation sites excluding steroid dienone is 4. The van der Waals surface area contributed by atoms with Crippen LogP contribution in [0.3, 0.4) is 0 Å². The molecule has 2 N–H and O–H groups in total. The molecule has 4 heteroatoms. The summed E-state index contributed by atoms with van der Waals surface area (Å²) in [5.74, 6) is 0. The first-order chi connectivity index (χ1) is 13.5. The topological polar surface area (TPSA) is 57.4 Å². The van der Waals surface area contributed by atoms with Crippen molar-refractivity contribution in [2.75, 3.05) is 0 Å². The summed E-state index contributed by atoms with van der Waals surface area (Å²) in [6.45, 7) is 8.52. The second-order valence-electron chi connectivity index (χ2n) is 7.58. The summed E-state index contributed by atoms with van der Waals surface area (Å²) in [6.07, 6.45) is 0. The number of fused-ring (bicyclic) bond motifs is 8. The molecule has 0 saturated heterocycles. The number of nitrogens with one attached hydrogen (secondary N) is 2. The molecule has 0 spiro atoms. The molecule has 2 aliphatic heterocycles. The summed E-state index contributed by atoms with van der Waals surface area (Å²) in [6, 6.07) is 16.8. The Kier molecular flexibility index (Phi) is 3.63. The average Bonchev–Trinajstić information content (AvgIpc) is 3.41. The second kappa shape index (κ2) is 6.06. The number of aromatic nitrogens is 4. The molecule has 0 saturated carbocycles. The van der Waals surface area contributed by atoms with Crippen molar-refractivity contribution in [3.8, 4) is 0 Å². The minimum atomic E-state index is 0.989. The zero-order chi connectivity index (χ0) is 19.4. The van der Waals surface area contributed by atoms with Gasteiger partial charge in [0, 0.05) is 22.1 Å². The van der Waals surface area contributed by atoms with Crippen LogP contribution in [-0.2, 0) is 0 Å². The lowest BCUT2D eigenvalue weighted by atomic mass is 10.1. The highest BCUT2D eigenvalue weighted by Crippen LogP contribution is 2.33. The van der Waals surface area contributed by atoms with Crippen LogP contribution in [-0.4, -0.2) is 19.9 Å². The standard InChI is InChI=1S/C24H22N4/c1-13-15(3)23-12-24-16(4)14(2)22(28-24)11-20-8-6-18(26-20)9-17-5-7-19(25-17)10-21(13)27-23/h5-12,25-26H,1-4H3. The van der Waals surface area contributed by atoms with E-state index in [9.17, 15) is 0 Å². The maximum Gasteiger partial charge on any atom is 0.0691 e. The fourth-order valence-corrected chi connectivity index (χ4v) is 3.71. The molecule has 3 aromatic heterocycles. The largest absolute Gasteiger partial charge is 0.355 e. The van der Waals surface area contributed by atoms with Gasteiger partial charge in [-0.15, -0.1) is 0 Å². The number of H-pyrrole nitrogens is 2. The highest BCUT2D eigenvalue weighted by Gasteiger charge is 2.16. The van der Waals surface area contributed by atoms with Crippen LogP contribution in [0, 0.1) is 0 Å². The summed E-state index contributed by atoms with van der Waals surface area (Å²) in [7, 11) is 0. The minimum absolute atomic E-state index is 0.989. The Morgan fingerprint density at radius 1 is 0.464 bits per heavy atom. The predicted octanol–water partition coefficient (Wildman–Crippen LogP) is 6.22. The molecule has 2 aliphatic rings. The first kappa shape index (κ1) is 16.8. The number of nitrogens with zero attached hydrogens (tertiary/aromatic N) is 2. The molecule has 3 aromatic rings. The third kappa shape index (κ3) is 2.69. The van der Waals surface area contributed by atoms with Gasteiger partial charge < -0.3 is 9.97 Å². The van der Waals surface area contributed by atoms with Crippen molar-refractivity contribution in [1.82, 2.24) is 19.9 Å². The molecule has 8 bridgehead atoms. The Morgan fingerprint density at radius 3 is 1.18 bits per heavy atom. The van der Waals surface area contributed by atoms with Gasteiger partial charge in [-0.25, -0.2) is 9.97 Å². The van der Waals surface area contributed by atoms with Crippen LogP contribution in [0.1, 0.15) is 50.5 Å². The second-order valence-corrected chi connectivity index (χ2v) is 7.58. The smallest absolute Gasteiger partial charge is 0.0691 e. The highest BCUT2D eigenvalue weighted by molar-refractivity contribution is 5.94. The van der Waals surface area contributed by atoms with Crippen molar-refractivity contribution in [1.29, 1.82) is 0 Å². The number of rotatable bonds is 0. The monoisotopic (exact) mass is 366 g/mol. The Labute approximate surface area is 163 Å². The molecule has 0 unspecified atom stereocenters. The Morgan fingerprint density at radius 2 is 0.786 bits per heavy atom. The third-order valence-corrected chi connectivity index (χ3v) is 5.77. The van der Waals surface area contributed by atoms with Crippen LogP contribution in [0.5, 0.6) is 0 Å². The Balaban J connectivity index is 1.91. The van der Waals surface area contributed by atoms with E-state index in [4.69, 9.17) is 9.97 Å². The van der Waals surface area contributed by atoms with Crippen molar-refractivity contribution in [2.45, 2.75) is 27.7 Å². The highest BCUT2D eigenvalue weighted by atomic mass is 14.8. The number of hydrogen-bond donors (Lipinski definition) is 2. The Bertz CT molecular complexity index is 1240. The molecule has 5 heterocycles. The molecule has 0 aromatic carbocycles. The van der Waals surface area contributed by atoms with E-state index in [1.165, 1.54) is 22.3 Å². The van der Waals surface area contributed by atoms with Gasteiger partial charge in [-0.2, -0.15) is 0 Å². The van der Waals surface area contributed by atoms with Gasteiger partial charge in [-0.05, 0) is 98.5 Å². The molecule has 0 atom stereocenters. The molecule has 0 aliphatic carbocycles. The van der Waals surface area contributed by atoms with Gasteiger partial charge in [0.05, 0.1) is 22.8 Å². The van der Waals surface area contributed by atoms with Crippen LogP contribution >= 0.6 is 0 Å². The van der Waals surface area contributed by atoms with E-state index >= 15 is 0 Å². The van der Waals surface area contributed by atoms with Crippen molar-refractivity contribution in [2.24, 2.45) is 0 Å². The lowest BCUT2D eigenvalue weighted by Crippen LogP contribution is -1.82. The zero-order valence-electron chi connectivity index (χ0n) is 16.5. The quantitative estimate of drug-likeness (QED) is 0.496. The van der Waals surface area contributed by atoms with Gasteiger partial charge in [0.1, 0.15) is 0 Å². The van der Waals surface area contributed by atoms with Crippen LogP contribution in [0.4, 0.5) is 0 Å². The third-order valence-electron chi connectivity index (χ3n) is 5.77. The van der Waals surface area contributed by atoms with E-state index in [0.717, 1.165) is 44.8 Å². The van der Waals surface area contributed by atoms with Crippen molar-refractivity contribution in [3.05, 3.63) is 71.3 Å². The molecule has 28 heavy (non-hydrogen) atoms. The number of aromatic amines is 2. The molecule has 0 radical (unpaired) electrons. The van der Waals surface area contributed by atoms with E-state index in [0.29, 0.717) is 0 Å². The van der Waals surface area contributed by atoms with E-state index in [1.807, 2.05) is 0 Å². The van der Waals surface area contributed by atoms with Gasteiger partial charge in [0.25, 0.3) is 0 Å². The fraction of sp³-hybridized carbons (Fsp3) is 0.167. The van der Waals surface area contributed by atoms with E-state index < -0.39 is 0 Å². The molecule has 0 fully saturated rings. The fourth-order valence-electron chi connectivity index (χ4n) is 3.71. The zero-order valence-corrected chi connectivity index (χ0v) is 16.5. The lowest BCUT2D eigenvalue weighted by Gasteiger charge is -1.96. The summed E-state index contributed by atoms with van der Waals surface area (Å²) in [4.78, 5) is 16.7. The first-order valence-corrected chi connectivity index (χ1v) is 9.53. The van der Waals surface area contributed by atoms with E-state index in [-0.39, 0.29) is 0 Å². The molecule has 4 nitrogen and oxygen atoms in total. The molecule has 0 amide bonds. The maximum atomic E-state index is 4.89. The van der Waals surface area contributed by atoms with Crippen molar-refractivity contribution in [3.63, 3.8) is 0 Å². The minimum Gasteiger partial charge on any atom is -0.355 e.